The van der Waals surface area contributed by atoms with Crippen LogP contribution in [0.15, 0.2) is 28.8 Å². The molecule has 7 heteroatoms. The van der Waals surface area contributed by atoms with E-state index in [2.05, 4.69) is 5.16 Å². The molecule has 0 amide bonds. The number of hydrogen-bond acceptors (Lipinski definition) is 6. The first kappa shape index (κ1) is 16.3. The van der Waals surface area contributed by atoms with Crippen LogP contribution in [0.25, 0.3) is 0 Å². The first-order chi connectivity index (χ1) is 11.2. The van der Waals surface area contributed by atoms with Crippen molar-refractivity contribution in [1.29, 1.82) is 0 Å². The van der Waals surface area contributed by atoms with Gasteiger partial charge in [-0.05, 0) is 26.3 Å². The van der Waals surface area contributed by atoms with Crippen LogP contribution in [0.2, 0.25) is 0 Å². The zero-order valence-corrected chi connectivity index (χ0v) is 13.6. The quantitative estimate of drug-likeness (QED) is 0.684. The van der Waals surface area contributed by atoms with Crippen LogP contribution in [0.5, 0.6) is 0 Å². The van der Waals surface area contributed by atoms with Crippen LogP contribution in [0, 0.1) is 23.0 Å². The summed E-state index contributed by atoms with van der Waals surface area (Å²) in [5.74, 6) is -0.678. The molecule has 0 radical (unpaired) electrons. The van der Waals surface area contributed by atoms with Crippen molar-refractivity contribution >= 4 is 11.5 Å². The molecule has 1 N–H and O–H groups in total. The summed E-state index contributed by atoms with van der Waals surface area (Å²) < 4.78 is 5.27. The Morgan fingerprint density at radius 3 is 2.58 bits per heavy atom. The predicted molar refractivity (Wildman–Crippen MR) is 84.7 cm³/mol. The lowest BCUT2D eigenvalue weighted by Crippen LogP contribution is -2.48. The molecule has 24 heavy (non-hydrogen) atoms. The number of carbonyl (C=O) groups excluding carboxylic acids is 1. The maximum Gasteiger partial charge on any atom is 0.269 e. The highest BCUT2D eigenvalue weighted by Crippen LogP contribution is 2.47. The summed E-state index contributed by atoms with van der Waals surface area (Å²) in [6.07, 6.45) is 0.230. The van der Waals surface area contributed by atoms with E-state index in [1.165, 1.54) is 19.1 Å². The lowest BCUT2D eigenvalue weighted by Gasteiger charge is -2.40. The maximum absolute atomic E-state index is 12.3. The van der Waals surface area contributed by atoms with E-state index in [1.54, 1.807) is 26.0 Å². The SMILES string of the molecule is CC(=O)[C@H]1[C@H](c2ccc([N+](=O)[O-])cc2)c2c(noc2C)C[C@]1(C)O. The molecule has 3 atom stereocenters. The average molecular weight is 330 g/mol. The highest BCUT2D eigenvalue weighted by atomic mass is 16.6. The van der Waals surface area contributed by atoms with Crippen molar-refractivity contribution in [3.05, 3.63) is 57.0 Å². The van der Waals surface area contributed by atoms with Crippen LogP contribution in [0.4, 0.5) is 5.69 Å². The minimum Gasteiger partial charge on any atom is -0.389 e. The van der Waals surface area contributed by atoms with E-state index < -0.39 is 22.4 Å². The highest BCUT2D eigenvalue weighted by Gasteiger charge is 2.49. The summed E-state index contributed by atoms with van der Waals surface area (Å²) in [6, 6.07) is 6.05. The van der Waals surface area contributed by atoms with E-state index in [1.807, 2.05) is 0 Å². The van der Waals surface area contributed by atoms with Crippen LogP contribution in [-0.2, 0) is 11.2 Å². The Bertz CT molecular complexity index is 807. The molecular formula is C17H18N2O5. The Morgan fingerprint density at radius 1 is 1.42 bits per heavy atom. The van der Waals surface area contributed by atoms with Gasteiger partial charge < -0.3 is 9.63 Å². The summed E-state index contributed by atoms with van der Waals surface area (Å²) in [6.45, 7) is 4.83. The zero-order valence-electron chi connectivity index (χ0n) is 13.6. The number of nitro groups is 1. The largest absolute Gasteiger partial charge is 0.389 e. The van der Waals surface area contributed by atoms with Crippen molar-refractivity contribution in [2.75, 3.05) is 0 Å². The Hall–Kier alpha value is -2.54. The van der Waals surface area contributed by atoms with Crippen LogP contribution in [0.1, 0.15) is 42.3 Å². The van der Waals surface area contributed by atoms with E-state index in [0.29, 0.717) is 17.0 Å². The number of carbonyl (C=O) groups is 1. The fourth-order valence-electron chi connectivity index (χ4n) is 3.76. The van der Waals surface area contributed by atoms with E-state index in [-0.39, 0.29) is 17.9 Å². The molecule has 0 aliphatic heterocycles. The number of aryl methyl sites for hydroxylation is 1. The summed E-state index contributed by atoms with van der Waals surface area (Å²) in [5, 5.41) is 25.7. The summed E-state index contributed by atoms with van der Waals surface area (Å²) in [4.78, 5) is 22.7. The molecule has 3 rings (SSSR count). The molecule has 126 valence electrons. The van der Waals surface area contributed by atoms with Crippen LogP contribution < -0.4 is 0 Å². The fraction of sp³-hybridized carbons (Fsp3) is 0.412. The predicted octanol–water partition coefficient (Wildman–Crippen LogP) is 2.54. The number of benzene rings is 1. The summed E-state index contributed by atoms with van der Waals surface area (Å²) in [7, 11) is 0. The standard InChI is InChI=1S/C17H18N2O5/c1-9(20)16-15(11-4-6-12(7-5-11)19(22)23)14-10(2)24-18-13(14)8-17(16,3)21/h4-7,15-16,21H,8H2,1-3H3/t15-,16+,17+/m1/s1. The second-order valence-corrected chi connectivity index (χ2v) is 6.55. The monoisotopic (exact) mass is 330 g/mol. The number of fused-ring (bicyclic) bond motifs is 1. The van der Waals surface area contributed by atoms with Gasteiger partial charge in [0.2, 0.25) is 0 Å². The molecule has 0 saturated carbocycles. The number of Topliss-reactive ketones (excluding diaryl/α,β-unsaturated/α-hetero) is 1. The van der Waals surface area contributed by atoms with Crippen LogP contribution >= 0.6 is 0 Å². The Balaban J connectivity index is 2.18. The molecule has 1 heterocycles. The van der Waals surface area contributed by atoms with Crippen molar-refractivity contribution in [2.45, 2.75) is 38.7 Å². The van der Waals surface area contributed by atoms with Crippen molar-refractivity contribution in [3.63, 3.8) is 0 Å². The van der Waals surface area contributed by atoms with Gasteiger partial charge in [-0.3, -0.25) is 14.9 Å². The molecule has 0 spiro atoms. The van der Waals surface area contributed by atoms with Crippen molar-refractivity contribution in [3.8, 4) is 0 Å². The van der Waals surface area contributed by atoms with E-state index in [4.69, 9.17) is 4.52 Å². The number of nitro benzene ring substituents is 1. The summed E-state index contributed by atoms with van der Waals surface area (Å²) in [5.41, 5.74) is 0.833. The molecule has 1 aromatic carbocycles. The molecule has 2 aromatic rings. The van der Waals surface area contributed by atoms with E-state index in [0.717, 1.165) is 5.56 Å². The first-order valence-electron chi connectivity index (χ1n) is 7.64. The van der Waals surface area contributed by atoms with Gasteiger partial charge in [-0.1, -0.05) is 17.3 Å². The van der Waals surface area contributed by atoms with Crippen LogP contribution in [-0.4, -0.2) is 26.6 Å². The molecule has 1 aromatic heterocycles. The van der Waals surface area contributed by atoms with Gasteiger partial charge in [0.15, 0.2) is 0 Å². The molecule has 0 fully saturated rings. The number of rotatable bonds is 3. The lowest BCUT2D eigenvalue weighted by molar-refractivity contribution is -0.384. The number of aliphatic hydroxyl groups is 1. The number of ketones is 1. The molecule has 0 unspecified atom stereocenters. The third-order valence-corrected chi connectivity index (χ3v) is 4.72. The number of nitrogens with zero attached hydrogens (tertiary/aromatic N) is 2. The number of non-ortho nitro benzene ring substituents is 1. The second-order valence-electron chi connectivity index (χ2n) is 6.55. The number of aromatic nitrogens is 1. The van der Waals surface area contributed by atoms with E-state index in [9.17, 15) is 20.0 Å². The van der Waals surface area contributed by atoms with Gasteiger partial charge in [0.1, 0.15) is 11.5 Å². The Kier molecular flexibility index (Phi) is 3.76. The first-order valence-corrected chi connectivity index (χ1v) is 7.64. The Morgan fingerprint density at radius 2 is 2.04 bits per heavy atom. The van der Waals surface area contributed by atoms with Crippen LogP contribution in [0.3, 0.4) is 0 Å². The Labute approximate surface area is 138 Å². The topological polar surface area (TPSA) is 106 Å². The fourth-order valence-corrected chi connectivity index (χ4v) is 3.76. The molecule has 0 saturated heterocycles. The van der Waals surface area contributed by atoms with Crippen molar-refractivity contribution < 1.29 is 19.3 Å². The minimum atomic E-state index is -1.27. The van der Waals surface area contributed by atoms with Gasteiger partial charge in [0.25, 0.3) is 5.69 Å². The van der Waals surface area contributed by atoms with Gasteiger partial charge in [0.05, 0.1) is 22.1 Å². The highest BCUT2D eigenvalue weighted by molar-refractivity contribution is 5.82. The number of hydrogen-bond donors (Lipinski definition) is 1. The molecule has 1 aliphatic rings. The molecule has 7 nitrogen and oxygen atoms in total. The third kappa shape index (κ3) is 2.50. The minimum absolute atomic E-state index is 0.0250. The van der Waals surface area contributed by atoms with Gasteiger partial charge in [0, 0.05) is 30.0 Å². The van der Waals surface area contributed by atoms with Gasteiger partial charge >= 0.3 is 0 Å². The molecule has 1 aliphatic carbocycles. The van der Waals surface area contributed by atoms with Crippen molar-refractivity contribution in [1.82, 2.24) is 5.16 Å². The smallest absolute Gasteiger partial charge is 0.269 e. The average Bonchev–Trinajstić information content (AvgIpc) is 2.85. The maximum atomic E-state index is 12.3. The molecular weight excluding hydrogens is 312 g/mol. The van der Waals surface area contributed by atoms with Gasteiger partial charge in [-0.2, -0.15) is 0 Å². The lowest BCUT2D eigenvalue weighted by atomic mass is 9.64. The molecule has 0 bridgehead atoms. The third-order valence-electron chi connectivity index (χ3n) is 4.72. The second kappa shape index (κ2) is 5.52. The normalized spacial score (nSPS) is 26.0. The van der Waals surface area contributed by atoms with Gasteiger partial charge in [-0.25, -0.2) is 0 Å². The zero-order chi connectivity index (χ0) is 17.6. The summed E-state index contributed by atoms with van der Waals surface area (Å²) >= 11 is 0. The van der Waals surface area contributed by atoms with Crippen molar-refractivity contribution in [2.24, 2.45) is 5.92 Å². The van der Waals surface area contributed by atoms with Gasteiger partial charge in [-0.15, -0.1) is 0 Å². The van der Waals surface area contributed by atoms with E-state index >= 15 is 0 Å².